The first-order valence-electron chi connectivity index (χ1n) is 5.63. The standard InChI is InChI=1S/C13H12BrClN2O2/c1-7-8(2)19-12(17-7)6-16-13(18)9-3-4-10(14)11(15)5-9/h3-5H,6H2,1-2H3,(H,16,18). The van der Waals surface area contributed by atoms with E-state index in [1.165, 1.54) is 0 Å². The third-order valence-electron chi connectivity index (χ3n) is 2.65. The van der Waals surface area contributed by atoms with Crippen molar-refractivity contribution in [2.45, 2.75) is 20.4 Å². The van der Waals surface area contributed by atoms with E-state index >= 15 is 0 Å². The summed E-state index contributed by atoms with van der Waals surface area (Å²) in [7, 11) is 0. The maximum atomic E-state index is 11.9. The first kappa shape index (κ1) is 14.1. The van der Waals surface area contributed by atoms with Crippen molar-refractivity contribution in [3.8, 4) is 0 Å². The number of carbonyl (C=O) groups excluding carboxylic acids is 1. The molecule has 1 amide bonds. The third kappa shape index (κ3) is 3.36. The van der Waals surface area contributed by atoms with Crippen LogP contribution in [0.1, 0.15) is 27.7 Å². The molecular weight excluding hydrogens is 332 g/mol. The van der Waals surface area contributed by atoms with Crippen molar-refractivity contribution in [3.05, 3.63) is 50.6 Å². The molecule has 1 N–H and O–H groups in total. The van der Waals surface area contributed by atoms with Gasteiger partial charge >= 0.3 is 0 Å². The molecule has 0 atom stereocenters. The van der Waals surface area contributed by atoms with E-state index in [0.29, 0.717) is 16.5 Å². The topological polar surface area (TPSA) is 55.1 Å². The second-order valence-electron chi connectivity index (χ2n) is 4.06. The van der Waals surface area contributed by atoms with E-state index in [-0.39, 0.29) is 12.5 Å². The third-order valence-corrected chi connectivity index (χ3v) is 3.89. The highest BCUT2D eigenvalue weighted by atomic mass is 79.9. The average Bonchev–Trinajstić information content (AvgIpc) is 2.69. The van der Waals surface area contributed by atoms with Crippen LogP contribution in [0.25, 0.3) is 0 Å². The highest BCUT2D eigenvalue weighted by molar-refractivity contribution is 9.10. The van der Waals surface area contributed by atoms with Gasteiger partial charge in [0.05, 0.1) is 17.3 Å². The minimum absolute atomic E-state index is 0.220. The fourth-order valence-electron chi connectivity index (χ4n) is 1.51. The van der Waals surface area contributed by atoms with Crippen molar-refractivity contribution in [1.82, 2.24) is 10.3 Å². The van der Waals surface area contributed by atoms with E-state index < -0.39 is 0 Å². The maximum absolute atomic E-state index is 11.9. The maximum Gasteiger partial charge on any atom is 0.251 e. The SMILES string of the molecule is Cc1nc(CNC(=O)c2ccc(Br)c(Cl)c2)oc1C. The number of hydrogen-bond acceptors (Lipinski definition) is 3. The summed E-state index contributed by atoms with van der Waals surface area (Å²) in [4.78, 5) is 16.1. The molecule has 0 spiro atoms. The number of oxazole rings is 1. The van der Waals surface area contributed by atoms with E-state index in [1.807, 2.05) is 13.8 Å². The molecule has 0 unspecified atom stereocenters. The lowest BCUT2D eigenvalue weighted by Crippen LogP contribution is -2.22. The molecule has 0 aliphatic carbocycles. The summed E-state index contributed by atoms with van der Waals surface area (Å²) in [6.07, 6.45) is 0. The van der Waals surface area contributed by atoms with Gasteiger partial charge in [0.15, 0.2) is 0 Å². The van der Waals surface area contributed by atoms with Gasteiger partial charge in [-0.05, 0) is 48.0 Å². The summed E-state index contributed by atoms with van der Waals surface area (Å²) in [6, 6.07) is 5.03. The molecule has 1 aromatic carbocycles. The van der Waals surface area contributed by atoms with Crippen LogP contribution in [0.3, 0.4) is 0 Å². The van der Waals surface area contributed by atoms with Crippen LogP contribution in [0.5, 0.6) is 0 Å². The van der Waals surface area contributed by atoms with E-state index in [0.717, 1.165) is 15.9 Å². The summed E-state index contributed by atoms with van der Waals surface area (Å²) in [5.74, 6) is 1.03. The zero-order valence-corrected chi connectivity index (χ0v) is 12.8. The number of rotatable bonds is 3. The van der Waals surface area contributed by atoms with Crippen LogP contribution in [0.15, 0.2) is 27.1 Å². The van der Waals surface area contributed by atoms with E-state index in [2.05, 4.69) is 26.2 Å². The smallest absolute Gasteiger partial charge is 0.251 e. The number of aromatic nitrogens is 1. The van der Waals surface area contributed by atoms with Gasteiger partial charge in [-0.2, -0.15) is 0 Å². The fourth-order valence-corrected chi connectivity index (χ4v) is 1.94. The Kier molecular flexibility index (Phi) is 4.27. The number of aryl methyl sites for hydroxylation is 2. The Morgan fingerprint density at radius 2 is 2.21 bits per heavy atom. The van der Waals surface area contributed by atoms with E-state index in [1.54, 1.807) is 18.2 Å². The molecule has 0 fully saturated rings. The number of amides is 1. The van der Waals surface area contributed by atoms with Crippen LogP contribution in [0.2, 0.25) is 5.02 Å². The largest absolute Gasteiger partial charge is 0.444 e. The summed E-state index contributed by atoms with van der Waals surface area (Å²) in [6.45, 7) is 3.95. The zero-order valence-electron chi connectivity index (χ0n) is 10.5. The number of nitrogens with zero attached hydrogens (tertiary/aromatic N) is 1. The highest BCUT2D eigenvalue weighted by Gasteiger charge is 2.10. The lowest BCUT2D eigenvalue weighted by molar-refractivity contribution is 0.0947. The minimum atomic E-state index is -0.220. The van der Waals surface area contributed by atoms with E-state index in [4.69, 9.17) is 16.0 Å². The Balaban J connectivity index is 2.03. The number of hydrogen-bond donors (Lipinski definition) is 1. The molecule has 1 heterocycles. The summed E-state index contributed by atoms with van der Waals surface area (Å²) >= 11 is 9.22. The molecule has 0 aliphatic heterocycles. The lowest BCUT2D eigenvalue weighted by Gasteiger charge is -2.04. The Morgan fingerprint density at radius 1 is 1.47 bits per heavy atom. The van der Waals surface area contributed by atoms with Crippen LogP contribution < -0.4 is 5.32 Å². The van der Waals surface area contributed by atoms with Crippen molar-refractivity contribution in [2.75, 3.05) is 0 Å². The van der Waals surface area contributed by atoms with Crippen molar-refractivity contribution in [3.63, 3.8) is 0 Å². The fraction of sp³-hybridized carbons (Fsp3) is 0.231. The van der Waals surface area contributed by atoms with Gasteiger partial charge in [0.2, 0.25) is 5.89 Å². The van der Waals surface area contributed by atoms with Crippen LogP contribution in [0.4, 0.5) is 0 Å². The van der Waals surface area contributed by atoms with Gasteiger partial charge in [-0.1, -0.05) is 11.6 Å². The molecule has 0 aliphatic rings. The van der Waals surface area contributed by atoms with Gasteiger partial charge in [0, 0.05) is 10.0 Å². The summed E-state index contributed by atoms with van der Waals surface area (Å²) in [5, 5.41) is 3.23. The molecular formula is C13H12BrClN2O2. The molecule has 19 heavy (non-hydrogen) atoms. The van der Waals surface area contributed by atoms with Crippen molar-refractivity contribution >= 4 is 33.4 Å². The van der Waals surface area contributed by atoms with Gasteiger partial charge in [-0.15, -0.1) is 0 Å². The second-order valence-corrected chi connectivity index (χ2v) is 5.32. The van der Waals surface area contributed by atoms with Crippen LogP contribution >= 0.6 is 27.5 Å². The highest BCUT2D eigenvalue weighted by Crippen LogP contribution is 2.23. The molecule has 0 saturated carbocycles. The molecule has 6 heteroatoms. The number of carbonyl (C=O) groups is 1. The van der Waals surface area contributed by atoms with Crippen LogP contribution in [-0.2, 0) is 6.54 Å². The second kappa shape index (κ2) is 5.75. The normalized spacial score (nSPS) is 10.5. The Labute approximate surface area is 124 Å². The molecule has 2 aromatic rings. The number of halogens is 2. The Hall–Kier alpha value is -1.33. The van der Waals surface area contributed by atoms with Gasteiger partial charge in [0.1, 0.15) is 5.76 Å². The molecule has 0 radical (unpaired) electrons. The zero-order chi connectivity index (χ0) is 14.0. The van der Waals surface area contributed by atoms with Crippen LogP contribution in [-0.4, -0.2) is 10.9 Å². The minimum Gasteiger partial charge on any atom is -0.444 e. The molecule has 4 nitrogen and oxygen atoms in total. The number of benzene rings is 1. The van der Waals surface area contributed by atoms with Crippen molar-refractivity contribution in [2.24, 2.45) is 0 Å². The van der Waals surface area contributed by atoms with Gasteiger partial charge in [-0.3, -0.25) is 4.79 Å². The Bertz CT molecular complexity index is 606. The average molecular weight is 344 g/mol. The first-order chi connectivity index (χ1) is 8.97. The summed E-state index contributed by atoms with van der Waals surface area (Å²) in [5.41, 5.74) is 1.32. The Morgan fingerprint density at radius 3 is 2.79 bits per heavy atom. The predicted octanol–water partition coefficient (Wildman–Crippen LogP) is 3.64. The van der Waals surface area contributed by atoms with Gasteiger partial charge in [-0.25, -0.2) is 4.98 Å². The molecule has 1 aromatic heterocycles. The molecule has 0 bridgehead atoms. The van der Waals surface area contributed by atoms with Gasteiger partial charge < -0.3 is 9.73 Å². The predicted molar refractivity (Wildman–Crippen MR) is 76.3 cm³/mol. The van der Waals surface area contributed by atoms with E-state index in [9.17, 15) is 4.79 Å². The first-order valence-corrected chi connectivity index (χ1v) is 6.80. The number of nitrogens with one attached hydrogen (secondary N) is 1. The van der Waals surface area contributed by atoms with Gasteiger partial charge in [0.25, 0.3) is 5.91 Å². The van der Waals surface area contributed by atoms with Crippen molar-refractivity contribution < 1.29 is 9.21 Å². The summed E-state index contributed by atoms with van der Waals surface area (Å²) < 4.78 is 6.14. The lowest BCUT2D eigenvalue weighted by atomic mass is 10.2. The van der Waals surface area contributed by atoms with Crippen LogP contribution in [0, 0.1) is 13.8 Å². The van der Waals surface area contributed by atoms with Crippen molar-refractivity contribution in [1.29, 1.82) is 0 Å². The molecule has 0 saturated heterocycles. The quantitative estimate of drug-likeness (QED) is 0.925. The molecule has 2 rings (SSSR count). The molecule has 100 valence electrons. The monoisotopic (exact) mass is 342 g/mol.